The van der Waals surface area contributed by atoms with Crippen LogP contribution in [-0.2, 0) is 11.4 Å². The number of benzene rings is 3. The van der Waals surface area contributed by atoms with Crippen molar-refractivity contribution in [3.63, 3.8) is 0 Å². The first-order chi connectivity index (χ1) is 16.3. The van der Waals surface area contributed by atoms with Gasteiger partial charge in [0.05, 0.1) is 12.0 Å². The van der Waals surface area contributed by atoms with Crippen molar-refractivity contribution >= 4 is 46.6 Å². The van der Waals surface area contributed by atoms with Gasteiger partial charge in [-0.25, -0.2) is 0 Å². The van der Waals surface area contributed by atoms with Crippen LogP contribution >= 0.6 is 23.2 Å². The van der Waals surface area contributed by atoms with E-state index in [1.165, 1.54) is 25.3 Å². The Morgan fingerprint density at radius 1 is 1.18 bits per heavy atom. The van der Waals surface area contributed by atoms with E-state index in [2.05, 4.69) is 5.32 Å². The van der Waals surface area contributed by atoms with Crippen LogP contribution in [0.4, 0.5) is 11.4 Å². The van der Waals surface area contributed by atoms with Crippen molar-refractivity contribution in [2.24, 2.45) is 0 Å². The molecular formula is C24H17Cl2N3O5. The summed E-state index contributed by atoms with van der Waals surface area (Å²) in [4.78, 5) is 23.1. The van der Waals surface area contributed by atoms with E-state index in [1.807, 2.05) is 12.1 Å². The van der Waals surface area contributed by atoms with E-state index >= 15 is 0 Å². The van der Waals surface area contributed by atoms with Gasteiger partial charge in [-0.05, 0) is 42.0 Å². The van der Waals surface area contributed by atoms with Gasteiger partial charge in [0.1, 0.15) is 23.3 Å². The lowest BCUT2D eigenvalue weighted by Crippen LogP contribution is -2.13. The molecule has 34 heavy (non-hydrogen) atoms. The molecule has 0 aliphatic rings. The predicted octanol–water partition coefficient (Wildman–Crippen LogP) is 6.03. The Morgan fingerprint density at radius 2 is 1.94 bits per heavy atom. The highest BCUT2D eigenvalue weighted by Crippen LogP contribution is 2.34. The molecule has 0 aliphatic heterocycles. The number of nitro benzene ring substituents is 1. The van der Waals surface area contributed by atoms with Gasteiger partial charge in [0, 0.05) is 22.3 Å². The third-order valence-electron chi connectivity index (χ3n) is 4.57. The van der Waals surface area contributed by atoms with Gasteiger partial charge in [-0.2, -0.15) is 5.26 Å². The highest BCUT2D eigenvalue weighted by atomic mass is 35.5. The summed E-state index contributed by atoms with van der Waals surface area (Å²) in [6, 6.07) is 17.8. The fourth-order valence-corrected chi connectivity index (χ4v) is 3.38. The van der Waals surface area contributed by atoms with Crippen molar-refractivity contribution in [2.45, 2.75) is 6.61 Å². The molecule has 0 aliphatic carbocycles. The second kappa shape index (κ2) is 11.2. The van der Waals surface area contributed by atoms with Crippen LogP contribution in [0.25, 0.3) is 6.08 Å². The SMILES string of the molecule is COc1cccc(/C=C(\C#N)C(=O)Nc2ccc(Cl)c([N+](=O)[O-])c2)c1OCc1cccc(Cl)c1. The van der Waals surface area contributed by atoms with Crippen LogP contribution in [-0.4, -0.2) is 17.9 Å². The summed E-state index contributed by atoms with van der Waals surface area (Å²) in [5.41, 5.74) is 0.737. The smallest absolute Gasteiger partial charge is 0.289 e. The summed E-state index contributed by atoms with van der Waals surface area (Å²) in [5, 5.41) is 23.6. The number of para-hydroxylation sites is 1. The Balaban J connectivity index is 1.89. The molecule has 0 saturated carbocycles. The summed E-state index contributed by atoms with van der Waals surface area (Å²) in [5.74, 6) is -0.0304. The number of carbonyl (C=O) groups is 1. The molecule has 0 heterocycles. The number of nitrogens with one attached hydrogen (secondary N) is 1. The van der Waals surface area contributed by atoms with Gasteiger partial charge >= 0.3 is 0 Å². The van der Waals surface area contributed by atoms with Crippen LogP contribution in [0.3, 0.4) is 0 Å². The van der Waals surface area contributed by atoms with Gasteiger partial charge in [-0.3, -0.25) is 14.9 Å². The topological polar surface area (TPSA) is 114 Å². The molecule has 3 rings (SSSR count). The zero-order valence-corrected chi connectivity index (χ0v) is 19.3. The lowest BCUT2D eigenvalue weighted by molar-refractivity contribution is -0.384. The van der Waals surface area contributed by atoms with E-state index in [4.69, 9.17) is 32.7 Å². The average Bonchev–Trinajstić information content (AvgIpc) is 2.82. The monoisotopic (exact) mass is 497 g/mol. The highest BCUT2D eigenvalue weighted by Gasteiger charge is 2.17. The molecule has 0 radical (unpaired) electrons. The number of nitrogens with zero attached hydrogens (tertiary/aromatic N) is 2. The largest absolute Gasteiger partial charge is 0.493 e. The number of ether oxygens (including phenoxy) is 2. The molecule has 0 unspecified atom stereocenters. The molecule has 0 spiro atoms. The molecule has 1 N–H and O–H groups in total. The normalized spacial score (nSPS) is 10.8. The first-order valence-electron chi connectivity index (χ1n) is 9.73. The average molecular weight is 498 g/mol. The molecule has 0 bridgehead atoms. The van der Waals surface area contributed by atoms with Gasteiger partial charge in [-0.1, -0.05) is 47.5 Å². The van der Waals surface area contributed by atoms with Crippen LogP contribution in [0.15, 0.2) is 66.2 Å². The number of anilines is 1. The van der Waals surface area contributed by atoms with Crippen LogP contribution in [0.1, 0.15) is 11.1 Å². The van der Waals surface area contributed by atoms with E-state index < -0.39 is 10.8 Å². The van der Waals surface area contributed by atoms with E-state index in [0.29, 0.717) is 22.1 Å². The van der Waals surface area contributed by atoms with Crippen molar-refractivity contribution in [2.75, 3.05) is 12.4 Å². The highest BCUT2D eigenvalue weighted by molar-refractivity contribution is 6.32. The van der Waals surface area contributed by atoms with Crippen molar-refractivity contribution in [1.29, 1.82) is 5.26 Å². The van der Waals surface area contributed by atoms with Crippen LogP contribution in [0.2, 0.25) is 10.0 Å². The molecule has 0 fully saturated rings. The number of methoxy groups -OCH3 is 1. The van der Waals surface area contributed by atoms with Crippen molar-refractivity contribution in [1.82, 2.24) is 0 Å². The molecule has 10 heteroatoms. The minimum Gasteiger partial charge on any atom is -0.493 e. The maximum Gasteiger partial charge on any atom is 0.289 e. The zero-order chi connectivity index (χ0) is 24.7. The lowest BCUT2D eigenvalue weighted by atomic mass is 10.1. The Labute approximate surface area is 205 Å². The van der Waals surface area contributed by atoms with Crippen molar-refractivity contribution in [3.05, 3.63) is 97.5 Å². The first-order valence-corrected chi connectivity index (χ1v) is 10.5. The third-order valence-corrected chi connectivity index (χ3v) is 5.12. The van der Waals surface area contributed by atoms with Gasteiger partial charge in [0.25, 0.3) is 11.6 Å². The Morgan fingerprint density at radius 3 is 2.62 bits per heavy atom. The Bertz CT molecular complexity index is 1320. The van der Waals surface area contributed by atoms with Crippen LogP contribution < -0.4 is 14.8 Å². The van der Waals surface area contributed by atoms with Gasteiger partial charge in [0.2, 0.25) is 0 Å². The number of nitriles is 1. The van der Waals surface area contributed by atoms with E-state index in [9.17, 15) is 20.2 Å². The second-order valence-electron chi connectivity index (χ2n) is 6.84. The molecule has 1 amide bonds. The van der Waals surface area contributed by atoms with Crippen LogP contribution in [0, 0.1) is 21.4 Å². The summed E-state index contributed by atoms with van der Waals surface area (Å²) in [6.45, 7) is 0.171. The van der Waals surface area contributed by atoms with E-state index in [0.717, 1.165) is 11.6 Å². The Hall–Kier alpha value is -4.06. The molecule has 0 saturated heterocycles. The molecule has 172 valence electrons. The maximum absolute atomic E-state index is 12.7. The minimum absolute atomic E-state index is 0.0723. The second-order valence-corrected chi connectivity index (χ2v) is 7.69. The number of amides is 1. The molecule has 3 aromatic rings. The minimum atomic E-state index is -0.761. The Kier molecular flexibility index (Phi) is 8.09. The van der Waals surface area contributed by atoms with Crippen LogP contribution in [0.5, 0.6) is 11.5 Å². The number of nitro groups is 1. The quantitative estimate of drug-likeness (QED) is 0.175. The third kappa shape index (κ3) is 6.04. The van der Waals surface area contributed by atoms with Crippen molar-refractivity contribution in [3.8, 4) is 17.6 Å². The summed E-state index contributed by atoms with van der Waals surface area (Å²) in [6.07, 6.45) is 1.34. The van der Waals surface area contributed by atoms with E-state index in [1.54, 1.807) is 36.4 Å². The number of hydrogen-bond donors (Lipinski definition) is 1. The van der Waals surface area contributed by atoms with Gasteiger partial charge in [0.15, 0.2) is 11.5 Å². The number of halogens is 2. The molecule has 8 nitrogen and oxygen atoms in total. The fourth-order valence-electron chi connectivity index (χ4n) is 2.98. The summed E-state index contributed by atoms with van der Waals surface area (Å²) >= 11 is 11.8. The summed E-state index contributed by atoms with van der Waals surface area (Å²) < 4.78 is 11.3. The predicted molar refractivity (Wildman–Crippen MR) is 129 cm³/mol. The zero-order valence-electron chi connectivity index (χ0n) is 17.7. The number of carbonyl (C=O) groups excluding carboxylic acids is 1. The number of rotatable bonds is 8. The maximum atomic E-state index is 12.7. The lowest BCUT2D eigenvalue weighted by Gasteiger charge is -2.14. The van der Waals surface area contributed by atoms with Gasteiger partial charge in [-0.15, -0.1) is 0 Å². The first kappa shape index (κ1) is 24.6. The van der Waals surface area contributed by atoms with Gasteiger partial charge < -0.3 is 14.8 Å². The van der Waals surface area contributed by atoms with E-state index in [-0.39, 0.29) is 28.6 Å². The molecule has 3 aromatic carbocycles. The van der Waals surface area contributed by atoms with Crippen molar-refractivity contribution < 1.29 is 19.2 Å². The molecule has 0 atom stereocenters. The number of hydrogen-bond acceptors (Lipinski definition) is 6. The summed E-state index contributed by atoms with van der Waals surface area (Å²) in [7, 11) is 1.47. The fraction of sp³-hybridized carbons (Fsp3) is 0.0833. The standard InChI is InChI=1S/C24H17Cl2N3O5/c1-33-22-7-3-5-16(23(22)34-14-15-4-2-6-18(25)10-15)11-17(13-27)24(30)28-19-8-9-20(26)21(12-19)29(31)32/h2-12H,14H2,1H3,(H,28,30)/b17-11+. The molecule has 0 aromatic heterocycles. The molecular weight excluding hydrogens is 481 g/mol.